The van der Waals surface area contributed by atoms with E-state index in [4.69, 9.17) is 34.2 Å². The maximum absolute atomic E-state index is 12.4. The van der Waals surface area contributed by atoms with Crippen molar-refractivity contribution in [3.63, 3.8) is 0 Å². The summed E-state index contributed by atoms with van der Waals surface area (Å²) < 4.78 is 0. The van der Waals surface area contributed by atoms with Gasteiger partial charge in [0, 0.05) is 18.3 Å². The molecule has 0 aliphatic heterocycles. The van der Waals surface area contributed by atoms with Crippen LogP contribution in [0, 0.1) is 11.3 Å². The van der Waals surface area contributed by atoms with Crippen LogP contribution in [-0.4, -0.2) is 13.0 Å². The molecule has 4 nitrogen and oxygen atoms in total. The quantitative estimate of drug-likeness (QED) is 0.857. The molecular weight excluding hydrogens is 309 g/mol. The first-order valence-corrected chi connectivity index (χ1v) is 6.72. The molecule has 0 unspecified atom stereocenters. The van der Waals surface area contributed by atoms with Crippen molar-refractivity contribution in [2.45, 2.75) is 0 Å². The van der Waals surface area contributed by atoms with Gasteiger partial charge in [0.2, 0.25) is 0 Å². The fourth-order valence-corrected chi connectivity index (χ4v) is 2.14. The molecule has 0 spiro atoms. The Morgan fingerprint density at radius 2 is 1.86 bits per heavy atom. The predicted octanol–water partition coefficient (Wildman–Crippen LogP) is 3.72. The molecule has 0 heterocycles. The number of nitrogens with two attached hydrogens (primary N) is 1. The fraction of sp³-hybridized carbons (Fsp3) is 0.0667. The third-order valence-corrected chi connectivity index (χ3v) is 3.81. The van der Waals surface area contributed by atoms with Crippen LogP contribution >= 0.6 is 23.2 Å². The van der Waals surface area contributed by atoms with Crippen molar-refractivity contribution in [3.8, 4) is 6.07 Å². The minimum absolute atomic E-state index is 0.230. The van der Waals surface area contributed by atoms with Gasteiger partial charge >= 0.3 is 0 Å². The monoisotopic (exact) mass is 319 g/mol. The van der Waals surface area contributed by atoms with E-state index in [0.29, 0.717) is 16.8 Å². The lowest BCUT2D eigenvalue weighted by molar-refractivity contribution is 0.0993. The second kappa shape index (κ2) is 6.04. The van der Waals surface area contributed by atoms with Crippen molar-refractivity contribution in [2.24, 2.45) is 0 Å². The number of anilines is 2. The van der Waals surface area contributed by atoms with Crippen molar-refractivity contribution in [1.29, 1.82) is 5.26 Å². The van der Waals surface area contributed by atoms with E-state index in [9.17, 15) is 4.79 Å². The molecule has 0 fully saturated rings. The number of hydrogen-bond donors (Lipinski definition) is 1. The highest BCUT2D eigenvalue weighted by Crippen LogP contribution is 2.30. The van der Waals surface area contributed by atoms with Gasteiger partial charge in [-0.2, -0.15) is 5.26 Å². The lowest BCUT2D eigenvalue weighted by atomic mass is 10.1. The molecule has 0 aromatic heterocycles. The summed E-state index contributed by atoms with van der Waals surface area (Å²) in [7, 11) is 1.63. The Bertz CT molecular complexity index is 713. The summed E-state index contributed by atoms with van der Waals surface area (Å²) in [6.07, 6.45) is 0. The van der Waals surface area contributed by atoms with Gasteiger partial charge in [-0.3, -0.25) is 4.79 Å². The molecule has 2 N–H and O–H groups in total. The number of nitrogens with zero attached hydrogens (tertiary/aromatic N) is 2. The molecule has 0 radical (unpaired) electrons. The largest absolute Gasteiger partial charge is 0.397 e. The van der Waals surface area contributed by atoms with Gasteiger partial charge < -0.3 is 10.6 Å². The minimum atomic E-state index is -0.273. The van der Waals surface area contributed by atoms with Gasteiger partial charge in [0.25, 0.3) is 5.91 Å². The molecule has 0 aliphatic carbocycles. The summed E-state index contributed by atoms with van der Waals surface area (Å²) >= 11 is 11.8. The minimum Gasteiger partial charge on any atom is -0.397 e. The zero-order valence-electron chi connectivity index (χ0n) is 11.1. The Morgan fingerprint density at radius 1 is 1.24 bits per heavy atom. The van der Waals surface area contributed by atoms with Crippen LogP contribution in [0.25, 0.3) is 0 Å². The third-order valence-electron chi connectivity index (χ3n) is 2.99. The van der Waals surface area contributed by atoms with Gasteiger partial charge in [-0.05, 0) is 36.4 Å². The van der Waals surface area contributed by atoms with Gasteiger partial charge in [-0.1, -0.05) is 23.2 Å². The Morgan fingerprint density at radius 3 is 2.38 bits per heavy atom. The average molecular weight is 320 g/mol. The topological polar surface area (TPSA) is 70.1 Å². The van der Waals surface area contributed by atoms with Gasteiger partial charge in [0.05, 0.1) is 27.4 Å². The number of nitrogen functional groups attached to an aromatic ring is 1. The molecule has 0 saturated carbocycles. The zero-order valence-corrected chi connectivity index (χ0v) is 12.6. The first-order chi connectivity index (χ1) is 9.93. The second-order valence-corrected chi connectivity index (χ2v) is 5.17. The standard InChI is InChI=1S/C15H11Cl2N3O/c1-20(11-4-2-9(8-18)3-5-11)15(21)10-6-12(16)14(17)13(19)7-10/h2-7H,19H2,1H3. The first-order valence-electron chi connectivity index (χ1n) is 5.96. The second-order valence-electron chi connectivity index (χ2n) is 4.38. The summed E-state index contributed by atoms with van der Waals surface area (Å²) in [6, 6.07) is 11.6. The van der Waals surface area contributed by atoms with Crippen molar-refractivity contribution in [3.05, 3.63) is 57.6 Å². The van der Waals surface area contributed by atoms with Crippen molar-refractivity contribution >= 4 is 40.5 Å². The number of benzene rings is 2. The molecule has 0 bridgehead atoms. The van der Waals surface area contributed by atoms with Gasteiger partial charge in [-0.25, -0.2) is 0 Å². The number of nitriles is 1. The van der Waals surface area contributed by atoms with E-state index >= 15 is 0 Å². The lowest BCUT2D eigenvalue weighted by Crippen LogP contribution is -2.26. The molecule has 0 saturated heterocycles. The molecule has 2 aromatic rings. The van der Waals surface area contributed by atoms with E-state index in [0.717, 1.165) is 0 Å². The number of halogens is 2. The Hall–Kier alpha value is -2.22. The molecular formula is C15H11Cl2N3O. The van der Waals surface area contributed by atoms with Crippen molar-refractivity contribution in [1.82, 2.24) is 0 Å². The van der Waals surface area contributed by atoms with Gasteiger partial charge in [0.1, 0.15) is 0 Å². The van der Waals surface area contributed by atoms with Crippen LogP contribution in [0.2, 0.25) is 10.0 Å². The molecule has 6 heteroatoms. The number of rotatable bonds is 2. The van der Waals surface area contributed by atoms with Crippen LogP contribution in [0.3, 0.4) is 0 Å². The lowest BCUT2D eigenvalue weighted by Gasteiger charge is -2.18. The average Bonchev–Trinajstić information content (AvgIpc) is 2.50. The van der Waals surface area contributed by atoms with E-state index < -0.39 is 0 Å². The predicted molar refractivity (Wildman–Crippen MR) is 84.8 cm³/mol. The first kappa shape index (κ1) is 15.2. The SMILES string of the molecule is CN(C(=O)c1cc(N)c(Cl)c(Cl)c1)c1ccc(C#N)cc1. The highest BCUT2D eigenvalue weighted by molar-refractivity contribution is 6.44. The molecule has 21 heavy (non-hydrogen) atoms. The van der Waals surface area contributed by atoms with E-state index in [1.165, 1.54) is 17.0 Å². The summed E-state index contributed by atoms with van der Waals surface area (Å²) in [5.41, 5.74) is 7.49. The van der Waals surface area contributed by atoms with Crippen LogP contribution in [0.15, 0.2) is 36.4 Å². The number of carbonyl (C=O) groups is 1. The Balaban J connectivity index is 2.32. The Labute approximate surface area is 132 Å². The third kappa shape index (κ3) is 3.10. The Kier molecular flexibility index (Phi) is 4.37. The number of amides is 1. The number of carbonyl (C=O) groups excluding carboxylic acids is 1. The molecule has 1 amide bonds. The van der Waals surface area contributed by atoms with Gasteiger partial charge in [0.15, 0.2) is 0 Å². The summed E-state index contributed by atoms with van der Waals surface area (Å²) in [5.74, 6) is -0.273. The van der Waals surface area contributed by atoms with E-state index in [-0.39, 0.29) is 21.6 Å². The molecule has 2 rings (SSSR count). The van der Waals surface area contributed by atoms with Crippen LogP contribution in [0.1, 0.15) is 15.9 Å². The van der Waals surface area contributed by atoms with E-state index in [1.54, 1.807) is 31.3 Å². The maximum Gasteiger partial charge on any atom is 0.258 e. The zero-order chi connectivity index (χ0) is 15.6. The normalized spacial score (nSPS) is 10.0. The van der Waals surface area contributed by atoms with Crippen molar-refractivity contribution < 1.29 is 4.79 Å². The fourth-order valence-electron chi connectivity index (χ4n) is 1.80. The van der Waals surface area contributed by atoms with Crippen LogP contribution in [0.4, 0.5) is 11.4 Å². The van der Waals surface area contributed by atoms with Gasteiger partial charge in [-0.15, -0.1) is 0 Å². The smallest absolute Gasteiger partial charge is 0.258 e. The molecule has 0 aliphatic rings. The van der Waals surface area contributed by atoms with Crippen LogP contribution < -0.4 is 10.6 Å². The summed E-state index contributed by atoms with van der Waals surface area (Å²) in [4.78, 5) is 13.9. The maximum atomic E-state index is 12.4. The molecule has 2 aromatic carbocycles. The van der Waals surface area contributed by atoms with E-state index in [2.05, 4.69) is 0 Å². The summed E-state index contributed by atoms with van der Waals surface area (Å²) in [6.45, 7) is 0. The highest BCUT2D eigenvalue weighted by Gasteiger charge is 2.16. The highest BCUT2D eigenvalue weighted by atomic mass is 35.5. The van der Waals surface area contributed by atoms with E-state index in [1.807, 2.05) is 6.07 Å². The summed E-state index contributed by atoms with van der Waals surface area (Å²) in [5, 5.41) is 9.23. The molecule has 106 valence electrons. The number of hydrogen-bond acceptors (Lipinski definition) is 3. The van der Waals surface area contributed by atoms with Crippen LogP contribution in [0.5, 0.6) is 0 Å². The van der Waals surface area contributed by atoms with Crippen molar-refractivity contribution in [2.75, 3.05) is 17.7 Å². The van der Waals surface area contributed by atoms with Crippen LogP contribution in [-0.2, 0) is 0 Å². The molecule has 0 atom stereocenters.